The average molecular weight is 435 g/mol. The number of fused-ring (bicyclic) bond motifs is 3. The van der Waals surface area contributed by atoms with Gasteiger partial charge in [-0.2, -0.15) is 0 Å². The molecular weight excluding hydrogens is 415 g/mol. The van der Waals surface area contributed by atoms with Crippen LogP contribution in [0.4, 0.5) is 0 Å². The first-order chi connectivity index (χ1) is 13.0. The minimum atomic E-state index is -0.127. The number of halogens is 2. The van der Waals surface area contributed by atoms with Gasteiger partial charge < -0.3 is 15.5 Å². The van der Waals surface area contributed by atoms with E-state index in [1.807, 2.05) is 11.4 Å². The number of hydrogen-bond acceptors (Lipinski definition) is 4. The van der Waals surface area contributed by atoms with Crippen molar-refractivity contribution >= 4 is 56.3 Å². The molecule has 2 aromatic heterocycles. The average Bonchev–Trinajstić information content (AvgIpc) is 3.18. The van der Waals surface area contributed by atoms with E-state index < -0.39 is 0 Å². The molecule has 0 fully saturated rings. The van der Waals surface area contributed by atoms with Crippen molar-refractivity contribution < 1.29 is 4.74 Å². The highest BCUT2D eigenvalue weighted by molar-refractivity contribution is 7.17. The maximum atomic E-state index is 12.4. The monoisotopic (exact) mass is 434 g/mol. The molecule has 4 rings (SSSR count). The van der Waals surface area contributed by atoms with E-state index in [2.05, 4.69) is 36.2 Å². The number of nitrogens with one attached hydrogen (secondary N) is 1. The fraction of sp³-hybridized carbons (Fsp3) is 0.190. The van der Waals surface area contributed by atoms with Gasteiger partial charge >= 0.3 is 0 Å². The quantitative estimate of drug-likeness (QED) is 0.441. The molecule has 7 heteroatoms. The summed E-state index contributed by atoms with van der Waals surface area (Å²) in [6.45, 7) is 2.70. The molecule has 1 atom stereocenters. The van der Waals surface area contributed by atoms with Crippen LogP contribution < -0.4 is 16.0 Å². The standard InChI is InChI=1S/C21H19ClN2O2S.ClH/c1-11(10-23)12-3-5-13(6-4-12)17-16(26-2)9-15(22)19-18(17)14-7-8-27-20(14)21(25)24-19;/h3-9,11H,10,23H2,1-2H3,(H,24,25);1H/t11-;/m0./s1. The molecule has 146 valence electrons. The van der Waals surface area contributed by atoms with Crippen LogP contribution in [0.5, 0.6) is 5.75 Å². The van der Waals surface area contributed by atoms with Crippen LogP contribution in [0.15, 0.2) is 46.6 Å². The molecule has 0 saturated heterocycles. The molecule has 4 aromatic rings. The summed E-state index contributed by atoms with van der Waals surface area (Å²) in [5, 5.41) is 4.16. The fourth-order valence-corrected chi connectivity index (χ4v) is 4.47. The summed E-state index contributed by atoms with van der Waals surface area (Å²) in [5.41, 5.74) is 9.40. The molecule has 3 N–H and O–H groups in total. The van der Waals surface area contributed by atoms with Crippen LogP contribution in [0.2, 0.25) is 5.02 Å². The third kappa shape index (κ3) is 3.29. The molecule has 0 unspecified atom stereocenters. The number of hydrogen-bond donors (Lipinski definition) is 2. The predicted molar refractivity (Wildman–Crippen MR) is 122 cm³/mol. The lowest BCUT2D eigenvalue weighted by Gasteiger charge is -2.16. The summed E-state index contributed by atoms with van der Waals surface area (Å²) in [4.78, 5) is 15.4. The molecule has 2 aromatic carbocycles. The number of aromatic amines is 1. The van der Waals surface area contributed by atoms with E-state index in [0.717, 1.165) is 21.9 Å². The van der Waals surface area contributed by atoms with Crippen molar-refractivity contribution in [2.45, 2.75) is 12.8 Å². The third-order valence-electron chi connectivity index (χ3n) is 4.96. The van der Waals surface area contributed by atoms with Crippen molar-refractivity contribution in [3.63, 3.8) is 0 Å². The number of ether oxygens (including phenoxy) is 1. The van der Waals surface area contributed by atoms with E-state index >= 15 is 0 Å². The van der Waals surface area contributed by atoms with E-state index in [9.17, 15) is 4.79 Å². The maximum Gasteiger partial charge on any atom is 0.266 e. The highest BCUT2D eigenvalue weighted by Crippen LogP contribution is 2.43. The lowest BCUT2D eigenvalue weighted by Crippen LogP contribution is -2.08. The summed E-state index contributed by atoms with van der Waals surface area (Å²) >= 11 is 7.88. The molecule has 0 bridgehead atoms. The molecule has 0 aliphatic carbocycles. The first kappa shape index (κ1) is 20.7. The van der Waals surface area contributed by atoms with E-state index in [4.69, 9.17) is 22.1 Å². The Bertz CT molecular complexity index is 1200. The number of rotatable bonds is 4. The van der Waals surface area contributed by atoms with Gasteiger partial charge in [-0.1, -0.05) is 42.8 Å². The van der Waals surface area contributed by atoms with Gasteiger partial charge in [0.05, 0.1) is 17.6 Å². The molecule has 0 spiro atoms. The summed E-state index contributed by atoms with van der Waals surface area (Å²) < 4.78 is 6.33. The zero-order valence-electron chi connectivity index (χ0n) is 15.4. The smallest absolute Gasteiger partial charge is 0.266 e. The van der Waals surface area contributed by atoms with Crippen LogP contribution in [0.25, 0.3) is 32.1 Å². The van der Waals surface area contributed by atoms with Crippen molar-refractivity contribution in [1.29, 1.82) is 0 Å². The van der Waals surface area contributed by atoms with Gasteiger partial charge in [-0.25, -0.2) is 0 Å². The van der Waals surface area contributed by atoms with Crippen molar-refractivity contribution in [3.05, 3.63) is 62.7 Å². The van der Waals surface area contributed by atoms with Crippen LogP contribution in [0, 0.1) is 0 Å². The summed E-state index contributed by atoms with van der Waals surface area (Å²) in [5.74, 6) is 0.967. The highest BCUT2D eigenvalue weighted by atomic mass is 35.5. The number of thiophene rings is 1. The Kier molecular flexibility index (Phi) is 6.01. The Morgan fingerprint density at radius 1 is 1.25 bits per heavy atom. The van der Waals surface area contributed by atoms with Crippen molar-refractivity contribution in [2.24, 2.45) is 5.73 Å². The summed E-state index contributed by atoms with van der Waals surface area (Å²) in [6.07, 6.45) is 0. The second kappa shape index (κ2) is 8.13. The van der Waals surface area contributed by atoms with Crippen LogP contribution in [-0.2, 0) is 0 Å². The zero-order valence-corrected chi connectivity index (χ0v) is 17.8. The largest absolute Gasteiger partial charge is 0.496 e. The van der Waals surface area contributed by atoms with E-state index in [-0.39, 0.29) is 18.0 Å². The van der Waals surface area contributed by atoms with E-state index in [1.54, 1.807) is 13.2 Å². The molecular formula is C21H20Cl2N2O2S. The first-order valence-corrected chi connectivity index (χ1v) is 9.91. The Morgan fingerprint density at radius 2 is 1.96 bits per heavy atom. The molecule has 0 aliphatic heterocycles. The minimum absolute atomic E-state index is 0. The second-order valence-electron chi connectivity index (χ2n) is 6.56. The third-order valence-corrected chi connectivity index (χ3v) is 6.18. The highest BCUT2D eigenvalue weighted by Gasteiger charge is 2.19. The van der Waals surface area contributed by atoms with Gasteiger partial charge in [0.2, 0.25) is 0 Å². The Balaban J connectivity index is 0.00000225. The normalized spacial score (nSPS) is 12.1. The molecule has 0 radical (unpaired) electrons. The van der Waals surface area contributed by atoms with Gasteiger partial charge in [0.15, 0.2) is 0 Å². The molecule has 28 heavy (non-hydrogen) atoms. The van der Waals surface area contributed by atoms with Gasteiger partial charge in [-0.15, -0.1) is 23.7 Å². The van der Waals surface area contributed by atoms with Crippen LogP contribution in [-0.4, -0.2) is 18.6 Å². The SMILES string of the molecule is COc1cc(Cl)c2[nH]c(=O)c3sccc3c2c1-c1ccc([C@@H](C)CN)cc1.Cl. The number of methoxy groups -OCH3 is 1. The Morgan fingerprint density at radius 3 is 2.61 bits per heavy atom. The number of H-pyrrole nitrogens is 1. The molecule has 0 amide bonds. The van der Waals surface area contributed by atoms with Gasteiger partial charge in [0.1, 0.15) is 10.4 Å². The van der Waals surface area contributed by atoms with Crippen molar-refractivity contribution in [3.8, 4) is 16.9 Å². The van der Waals surface area contributed by atoms with Gasteiger partial charge in [0, 0.05) is 22.4 Å². The summed E-state index contributed by atoms with van der Waals surface area (Å²) in [6, 6.07) is 12.0. The Labute approximate surface area is 177 Å². The number of pyridine rings is 1. The number of nitrogens with two attached hydrogens (primary N) is 1. The summed E-state index contributed by atoms with van der Waals surface area (Å²) in [7, 11) is 1.63. The topological polar surface area (TPSA) is 68.1 Å². The molecule has 2 heterocycles. The number of aromatic nitrogens is 1. The maximum absolute atomic E-state index is 12.4. The molecule has 4 nitrogen and oxygen atoms in total. The van der Waals surface area contributed by atoms with Crippen molar-refractivity contribution in [2.75, 3.05) is 13.7 Å². The lowest BCUT2D eigenvalue weighted by atomic mass is 9.94. The second-order valence-corrected chi connectivity index (χ2v) is 7.89. The number of benzene rings is 2. The van der Waals surface area contributed by atoms with Gasteiger partial charge in [-0.05, 0) is 35.0 Å². The molecule has 0 aliphatic rings. The molecule has 0 saturated carbocycles. The van der Waals surface area contributed by atoms with Gasteiger partial charge in [0.25, 0.3) is 5.56 Å². The first-order valence-electron chi connectivity index (χ1n) is 8.65. The van der Waals surface area contributed by atoms with Crippen LogP contribution in [0.3, 0.4) is 0 Å². The lowest BCUT2D eigenvalue weighted by molar-refractivity contribution is 0.417. The Hall–Kier alpha value is -2.05. The van der Waals surface area contributed by atoms with E-state index in [0.29, 0.717) is 33.5 Å². The predicted octanol–water partition coefficient (Wildman–Crippen LogP) is 5.56. The van der Waals surface area contributed by atoms with Crippen LogP contribution in [0.1, 0.15) is 18.4 Å². The van der Waals surface area contributed by atoms with E-state index in [1.165, 1.54) is 16.9 Å². The fourth-order valence-electron chi connectivity index (χ4n) is 3.43. The minimum Gasteiger partial charge on any atom is -0.496 e. The van der Waals surface area contributed by atoms with Gasteiger partial charge in [-0.3, -0.25) is 4.79 Å². The zero-order chi connectivity index (χ0) is 19.1. The van der Waals surface area contributed by atoms with Crippen LogP contribution >= 0.6 is 35.3 Å². The van der Waals surface area contributed by atoms with Crippen molar-refractivity contribution in [1.82, 2.24) is 4.98 Å².